The Bertz CT molecular complexity index is 891. The first-order valence-corrected chi connectivity index (χ1v) is 12.5. The molecule has 0 radical (unpaired) electrons. The van der Waals surface area contributed by atoms with Gasteiger partial charge in [-0.3, -0.25) is 10.1 Å². The Morgan fingerprint density at radius 3 is 1.71 bits per heavy atom. The molecule has 3 aliphatic heterocycles. The monoisotopic (exact) mass is 503 g/mol. The summed E-state index contributed by atoms with van der Waals surface area (Å²) in [6.45, 7) is 28.4. The third-order valence-electron chi connectivity index (χ3n) is 4.40. The van der Waals surface area contributed by atoms with E-state index in [2.05, 4.69) is 107 Å². The molecular weight excluding hydrogens is 462 g/mol. The fourth-order valence-corrected chi connectivity index (χ4v) is 2.98. The van der Waals surface area contributed by atoms with Crippen LogP contribution in [0.15, 0.2) is 57.7 Å². The van der Waals surface area contributed by atoms with E-state index in [0.29, 0.717) is 29.6 Å². The summed E-state index contributed by atoms with van der Waals surface area (Å²) in [7, 11) is 0. The first kappa shape index (κ1) is 30.0. The van der Waals surface area contributed by atoms with Crippen LogP contribution in [0.4, 0.5) is 0 Å². The third kappa shape index (κ3) is 11.7. The van der Waals surface area contributed by atoms with Gasteiger partial charge in [0.2, 0.25) is 5.88 Å². The number of aliphatic imine (C=N–C) groups is 3. The normalized spacial score (nSPS) is 16.1. The van der Waals surface area contributed by atoms with Gasteiger partial charge < -0.3 is 14.9 Å². The molecule has 3 aliphatic rings. The molecule has 0 atom stereocenters. The van der Waals surface area contributed by atoms with Crippen molar-refractivity contribution in [3.63, 3.8) is 0 Å². The number of nitrogens with one attached hydrogen (secondary N) is 4. The zero-order valence-electron chi connectivity index (χ0n) is 22.3. The van der Waals surface area contributed by atoms with Crippen LogP contribution in [-0.4, -0.2) is 39.2 Å². The van der Waals surface area contributed by atoms with Crippen molar-refractivity contribution in [2.75, 3.05) is 6.54 Å². The molecule has 0 unspecified atom stereocenters. The quantitative estimate of drug-likeness (QED) is 0.431. The van der Waals surface area contributed by atoms with Crippen molar-refractivity contribution in [2.24, 2.45) is 32.7 Å². The van der Waals surface area contributed by atoms with E-state index < -0.39 is 0 Å². The van der Waals surface area contributed by atoms with Crippen LogP contribution in [0.3, 0.4) is 0 Å². The van der Waals surface area contributed by atoms with E-state index >= 15 is 0 Å². The number of hydrogen-bond donors (Lipinski definition) is 4. The molecule has 1 aromatic rings. The third-order valence-corrected chi connectivity index (χ3v) is 5.04. The molecule has 0 saturated carbocycles. The Kier molecular flexibility index (Phi) is 12.9. The topological polar surface area (TPSA) is 124 Å². The molecule has 4 heterocycles. The van der Waals surface area contributed by atoms with E-state index in [4.69, 9.17) is 4.84 Å². The summed E-state index contributed by atoms with van der Waals surface area (Å²) >= 11 is 1.49. The molecule has 0 saturated heterocycles. The van der Waals surface area contributed by atoms with E-state index in [9.17, 15) is 0 Å². The lowest BCUT2D eigenvalue weighted by Gasteiger charge is -2.03. The van der Waals surface area contributed by atoms with Gasteiger partial charge >= 0.3 is 0 Å². The molecule has 0 bridgehead atoms. The van der Waals surface area contributed by atoms with Crippen molar-refractivity contribution in [2.45, 2.75) is 61.3 Å². The smallest absolute Gasteiger partial charge is 0.240 e. The second kappa shape index (κ2) is 15.0. The van der Waals surface area contributed by atoms with Gasteiger partial charge in [-0.2, -0.15) is 10.1 Å². The lowest BCUT2D eigenvalue weighted by molar-refractivity contribution is 0.176. The van der Waals surface area contributed by atoms with Gasteiger partial charge in [0.25, 0.3) is 0 Å². The number of amidine groups is 3. The lowest BCUT2D eigenvalue weighted by atomic mass is 10.2. The fourth-order valence-electron chi connectivity index (χ4n) is 2.34. The molecule has 4 N–H and O–H groups in total. The second-order valence-corrected chi connectivity index (χ2v) is 9.99. The largest absolute Gasteiger partial charge is 0.361 e. The van der Waals surface area contributed by atoms with E-state index in [0.717, 1.165) is 40.6 Å². The number of H-pyrrole nitrogens is 1. The molecule has 0 aromatic carbocycles. The Balaban J connectivity index is 0.000000234. The van der Waals surface area contributed by atoms with Crippen LogP contribution in [0.1, 0.15) is 67.1 Å². The summed E-state index contributed by atoms with van der Waals surface area (Å²) in [4.78, 5) is 21.1. The summed E-state index contributed by atoms with van der Waals surface area (Å²) in [5.41, 5.74) is 3.67. The van der Waals surface area contributed by atoms with Crippen LogP contribution in [0, 0.1) is 17.8 Å². The average molecular weight is 504 g/mol. The van der Waals surface area contributed by atoms with E-state index in [1.54, 1.807) is 0 Å². The van der Waals surface area contributed by atoms with Gasteiger partial charge in [-0.05, 0) is 6.58 Å². The maximum atomic E-state index is 4.78. The Morgan fingerprint density at radius 2 is 1.49 bits per heavy atom. The van der Waals surface area contributed by atoms with Crippen LogP contribution in [-0.2, 0) is 4.84 Å². The van der Waals surface area contributed by atoms with Gasteiger partial charge in [0.1, 0.15) is 34.7 Å². The Hall–Kier alpha value is -3.08. The van der Waals surface area contributed by atoms with Gasteiger partial charge in [-0.15, -0.1) is 0 Å². The molecule has 35 heavy (non-hydrogen) atoms. The first-order chi connectivity index (χ1) is 16.4. The van der Waals surface area contributed by atoms with Crippen LogP contribution < -0.4 is 15.5 Å². The van der Waals surface area contributed by atoms with Crippen LogP contribution in [0.5, 0.6) is 0 Å². The molecule has 0 fully saturated rings. The summed E-state index contributed by atoms with van der Waals surface area (Å²) in [5, 5.41) is 10.5. The van der Waals surface area contributed by atoms with Gasteiger partial charge in [-0.1, -0.05) is 68.5 Å². The van der Waals surface area contributed by atoms with Gasteiger partial charge in [0.05, 0.1) is 6.54 Å². The molecule has 0 aliphatic carbocycles. The van der Waals surface area contributed by atoms with Gasteiger partial charge in [-0.25, -0.2) is 15.5 Å². The van der Waals surface area contributed by atoms with Crippen molar-refractivity contribution in [1.82, 2.24) is 30.7 Å². The van der Waals surface area contributed by atoms with Crippen molar-refractivity contribution < 1.29 is 4.84 Å². The average Bonchev–Trinajstić information content (AvgIpc) is 3.57. The predicted molar refractivity (Wildman–Crippen MR) is 148 cm³/mol. The molecular formula is C24H41N9OS. The van der Waals surface area contributed by atoms with Crippen LogP contribution in [0.2, 0.25) is 0 Å². The summed E-state index contributed by atoms with van der Waals surface area (Å²) in [6.07, 6.45) is 1.52. The first-order valence-electron chi connectivity index (χ1n) is 11.7. The van der Waals surface area contributed by atoms with Crippen LogP contribution in [0.25, 0.3) is 0 Å². The van der Waals surface area contributed by atoms with Crippen molar-refractivity contribution >= 4 is 29.5 Å². The second-order valence-electron chi connectivity index (χ2n) is 9.11. The predicted octanol–water partition coefficient (Wildman–Crippen LogP) is 4.90. The number of aromatic amines is 1. The molecule has 0 spiro atoms. The SMILES string of the molecule is C=C1CN=C(C(C)C)N1.C=C1N=C(C(C)C)NO1.C=C1N=C(C(C)C)NS1.CC(C)c1ncn[nH]1. The van der Waals surface area contributed by atoms with E-state index in [1.165, 1.54) is 18.3 Å². The molecule has 10 nitrogen and oxygen atoms in total. The highest BCUT2D eigenvalue weighted by Gasteiger charge is 2.13. The summed E-state index contributed by atoms with van der Waals surface area (Å²) in [6, 6.07) is 0. The highest BCUT2D eigenvalue weighted by atomic mass is 32.2. The highest BCUT2D eigenvalue weighted by molar-refractivity contribution is 8.02. The van der Waals surface area contributed by atoms with Crippen molar-refractivity contribution in [3.8, 4) is 0 Å². The van der Waals surface area contributed by atoms with E-state index in [-0.39, 0.29) is 0 Å². The fraction of sp³-hybridized carbons (Fsp3) is 0.542. The van der Waals surface area contributed by atoms with Crippen molar-refractivity contribution in [1.29, 1.82) is 0 Å². The van der Waals surface area contributed by atoms with Crippen LogP contribution >= 0.6 is 11.9 Å². The number of rotatable bonds is 4. The minimum absolute atomic E-state index is 0.379. The zero-order chi connectivity index (χ0) is 26.5. The van der Waals surface area contributed by atoms with Crippen molar-refractivity contribution in [3.05, 3.63) is 48.5 Å². The number of hydrogen-bond acceptors (Lipinski definition) is 10. The molecule has 0 amide bonds. The van der Waals surface area contributed by atoms with Gasteiger partial charge in [0.15, 0.2) is 0 Å². The summed E-state index contributed by atoms with van der Waals surface area (Å²) in [5.74, 6) is 6.16. The molecule has 1 aromatic heterocycles. The molecule has 4 rings (SSSR count). The lowest BCUT2D eigenvalue weighted by Crippen LogP contribution is -2.21. The Labute approximate surface area is 214 Å². The number of nitrogens with zero attached hydrogens (tertiary/aromatic N) is 5. The zero-order valence-corrected chi connectivity index (χ0v) is 23.1. The standard InChI is InChI=1S/C7H12N2.C6H10N2O.C6H10N2S.C5H9N3/c1-5(2)7-8-4-6(3)9-7;2*1-4(2)6-7-5(3)9-8-6;1-4(2)5-6-3-7-8-5/h5H,3-4H2,1-2H3,(H,8,9);2*4H,3H2,1-2H3,(H,7,8);3-4H,1-2H3,(H,6,7,8). The highest BCUT2D eigenvalue weighted by Crippen LogP contribution is 2.19. The number of hydroxylamine groups is 1. The Morgan fingerprint density at radius 1 is 0.857 bits per heavy atom. The summed E-state index contributed by atoms with van der Waals surface area (Å²) < 4.78 is 3.07. The minimum atomic E-state index is 0.379. The van der Waals surface area contributed by atoms with E-state index in [1.807, 2.05) is 13.8 Å². The van der Waals surface area contributed by atoms with Gasteiger partial charge in [0, 0.05) is 41.3 Å². The molecule has 194 valence electrons. The number of aromatic nitrogens is 3. The molecule has 11 heteroatoms. The maximum absolute atomic E-state index is 4.78. The minimum Gasteiger partial charge on any atom is -0.361 e. The maximum Gasteiger partial charge on any atom is 0.240 e.